The van der Waals surface area contributed by atoms with Gasteiger partial charge >= 0.3 is 5.69 Å². The minimum atomic E-state index is -0.699. The van der Waals surface area contributed by atoms with Gasteiger partial charge in [-0.3, -0.25) is 19.3 Å². The predicted octanol–water partition coefficient (Wildman–Crippen LogP) is 2.88. The summed E-state index contributed by atoms with van der Waals surface area (Å²) in [6, 6.07) is 13.7. The van der Waals surface area contributed by atoms with Gasteiger partial charge in [0.1, 0.15) is 11.4 Å². The third-order valence-corrected chi connectivity index (χ3v) is 4.59. The Hall–Kier alpha value is -3.74. The lowest BCUT2D eigenvalue weighted by atomic mass is 10.0. The molecule has 6 nitrogen and oxygen atoms in total. The highest BCUT2D eigenvalue weighted by atomic mass is 19.1. The molecular formula is C21H16FN3O3. The summed E-state index contributed by atoms with van der Waals surface area (Å²) in [7, 11) is 0. The Labute approximate surface area is 159 Å². The molecule has 0 amide bonds. The van der Waals surface area contributed by atoms with Crippen LogP contribution in [0.2, 0.25) is 0 Å². The Morgan fingerprint density at radius 1 is 1.14 bits per heavy atom. The van der Waals surface area contributed by atoms with Crippen LogP contribution in [-0.4, -0.2) is 20.9 Å². The monoisotopic (exact) mass is 377 g/mol. The molecule has 1 aliphatic rings. The molecule has 0 bridgehead atoms. The molecule has 0 saturated carbocycles. The largest absolute Gasteiger partial charge is 0.494 e. The highest BCUT2D eigenvalue weighted by molar-refractivity contribution is 6.21. The van der Waals surface area contributed by atoms with E-state index < -0.39 is 22.9 Å². The number of H-pyrrole nitrogens is 1. The van der Waals surface area contributed by atoms with Crippen molar-refractivity contribution in [2.24, 2.45) is 4.99 Å². The molecule has 0 fully saturated rings. The van der Waals surface area contributed by atoms with Gasteiger partial charge in [0.05, 0.1) is 5.69 Å². The second-order valence-electron chi connectivity index (χ2n) is 6.40. The minimum absolute atomic E-state index is 0.0497. The van der Waals surface area contributed by atoms with Crippen molar-refractivity contribution >= 4 is 23.6 Å². The van der Waals surface area contributed by atoms with E-state index in [-0.39, 0.29) is 12.1 Å². The van der Waals surface area contributed by atoms with Crippen molar-refractivity contribution in [2.45, 2.75) is 13.0 Å². The fourth-order valence-corrected chi connectivity index (χ4v) is 3.13. The van der Waals surface area contributed by atoms with Crippen LogP contribution < -0.4 is 11.2 Å². The first-order valence-electron chi connectivity index (χ1n) is 8.68. The fourth-order valence-electron chi connectivity index (χ4n) is 3.13. The maximum Gasteiger partial charge on any atom is 0.331 e. The van der Waals surface area contributed by atoms with E-state index in [9.17, 15) is 19.1 Å². The minimum Gasteiger partial charge on any atom is -0.494 e. The number of hydrogen-bond donors (Lipinski definition) is 2. The molecule has 140 valence electrons. The predicted molar refractivity (Wildman–Crippen MR) is 106 cm³/mol. The smallest absolute Gasteiger partial charge is 0.331 e. The van der Waals surface area contributed by atoms with Gasteiger partial charge in [-0.05, 0) is 30.2 Å². The fraction of sp³-hybridized carbons (Fsp3) is 0.0952. The van der Waals surface area contributed by atoms with Gasteiger partial charge in [-0.2, -0.15) is 0 Å². The Morgan fingerprint density at radius 2 is 1.93 bits per heavy atom. The molecule has 4 rings (SSSR count). The van der Waals surface area contributed by atoms with E-state index in [1.54, 1.807) is 6.07 Å². The Morgan fingerprint density at radius 3 is 2.71 bits per heavy atom. The zero-order valence-corrected chi connectivity index (χ0v) is 14.7. The van der Waals surface area contributed by atoms with Gasteiger partial charge in [0.15, 0.2) is 0 Å². The summed E-state index contributed by atoms with van der Waals surface area (Å²) in [5.74, 6) is -0.826. The van der Waals surface area contributed by atoms with Crippen LogP contribution in [0.15, 0.2) is 63.1 Å². The van der Waals surface area contributed by atoms with Gasteiger partial charge < -0.3 is 5.11 Å². The highest BCUT2D eigenvalue weighted by Gasteiger charge is 2.17. The number of aromatic hydroxyl groups is 1. The maximum absolute atomic E-state index is 13.3. The Kier molecular flexibility index (Phi) is 4.49. The third kappa shape index (κ3) is 3.29. The lowest BCUT2D eigenvalue weighted by Crippen LogP contribution is -2.31. The summed E-state index contributed by atoms with van der Waals surface area (Å²) in [6.07, 6.45) is 3.45. The van der Waals surface area contributed by atoms with Crippen LogP contribution in [0.25, 0.3) is 11.6 Å². The molecular weight excluding hydrogens is 361 g/mol. The summed E-state index contributed by atoms with van der Waals surface area (Å²) in [6.45, 7) is 0.206. The number of nitrogens with zero attached hydrogens (tertiary/aromatic N) is 2. The quantitative estimate of drug-likeness (QED) is 0.733. The summed E-state index contributed by atoms with van der Waals surface area (Å²) >= 11 is 0. The molecule has 2 heterocycles. The number of aryl methyl sites for hydroxylation is 1. The zero-order valence-electron chi connectivity index (χ0n) is 14.7. The van der Waals surface area contributed by atoms with Crippen molar-refractivity contribution in [1.29, 1.82) is 0 Å². The summed E-state index contributed by atoms with van der Waals surface area (Å²) in [4.78, 5) is 30.8. The van der Waals surface area contributed by atoms with Crippen LogP contribution in [0, 0.1) is 5.82 Å². The van der Waals surface area contributed by atoms with E-state index in [1.807, 2.05) is 30.3 Å². The van der Waals surface area contributed by atoms with Crippen molar-refractivity contribution in [3.05, 3.63) is 91.9 Å². The summed E-state index contributed by atoms with van der Waals surface area (Å²) < 4.78 is 14.5. The summed E-state index contributed by atoms with van der Waals surface area (Å²) in [5, 5.41) is 10.6. The molecule has 0 aliphatic carbocycles. The first-order valence-corrected chi connectivity index (χ1v) is 8.68. The van der Waals surface area contributed by atoms with Gasteiger partial charge in [-0.25, -0.2) is 9.18 Å². The molecule has 0 spiro atoms. The Bertz CT molecular complexity index is 1220. The molecule has 0 radical (unpaired) electrons. The zero-order chi connectivity index (χ0) is 19.7. The van der Waals surface area contributed by atoms with Gasteiger partial charge in [-0.1, -0.05) is 30.3 Å². The molecule has 0 unspecified atom stereocenters. The number of aliphatic imine (C=N–C) groups is 1. The molecule has 0 saturated heterocycles. The van der Waals surface area contributed by atoms with Crippen LogP contribution >= 0.6 is 0 Å². The van der Waals surface area contributed by atoms with Crippen molar-refractivity contribution in [3.63, 3.8) is 0 Å². The second-order valence-corrected chi connectivity index (χ2v) is 6.40. The number of hydrogen-bond acceptors (Lipinski definition) is 4. The molecule has 28 heavy (non-hydrogen) atoms. The Balaban J connectivity index is 1.72. The van der Waals surface area contributed by atoms with Crippen LogP contribution in [-0.2, 0) is 13.0 Å². The third-order valence-electron chi connectivity index (χ3n) is 4.59. The van der Waals surface area contributed by atoms with Crippen molar-refractivity contribution in [2.75, 3.05) is 0 Å². The van der Waals surface area contributed by atoms with Gasteiger partial charge in [0.25, 0.3) is 5.56 Å². The van der Waals surface area contributed by atoms with E-state index in [1.165, 1.54) is 24.4 Å². The van der Waals surface area contributed by atoms with Crippen LogP contribution in [0.5, 0.6) is 5.88 Å². The van der Waals surface area contributed by atoms with Crippen molar-refractivity contribution < 1.29 is 9.50 Å². The molecule has 2 N–H and O–H groups in total. The number of benzene rings is 2. The van der Waals surface area contributed by atoms with Gasteiger partial charge in [-0.15, -0.1) is 0 Å². The number of rotatable bonds is 4. The maximum atomic E-state index is 13.3. The normalized spacial score (nSPS) is 13.8. The SMILES string of the molecule is O=c1[nH]c(=O)n(CCc2ccccc2)c(O)c1C=C1C=Nc2cc(F)ccc21. The van der Waals surface area contributed by atoms with Gasteiger partial charge in [0.2, 0.25) is 5.88 Å². The number of allylic oxidation sites excluding steroid dienone is 1. The van der Waals surface area contributed by atoms with E-state index >= 15 is 0 Å². The van der Waals surface area contributed by atoms with Crippen LogP contribution in [0.1, 0.15) is 16.7 Å². The lowest BCUT2D eigenvalue weighted by molar-refractivity contribution is 0.399. The standard InChI is InChI=1S/C21H16FN3O3/c22-15-6-7-16-14(12-23-18(16)11-15)10-17-19(26)24-21(28)25(20(17)27)9-8-13-4-2-1-3-5-13/h1-7,10-12,27H,8-9H2,(H,24,26,28). The topological polar surface area (TPSA) is 87.5 Å². The van der Waals surface area contributed by atoms with Crippen LogP contribution in [0.4, 0.5) is 10.1 Å². The molecule has 1 aromatic heterocycles. The average molecular weight is 377 g/mol. The van der Waals surface area contributed by atoms with Gasteiger partial charge in [0, 0.05) is 30.0 Å². The number of aromatic amines is 1. The number of fused-ring (bicyclic) bond motifs is 1. The highest BCUT2D eigenvalue weighted by Crippen LogP contribution is 2.33. The van der Waals surface area contributed by atoms with Crippen molar-refractivity contribution in [1.82, 2.24) is 9.55 Å². The van der Waals surface area contributed by atoms with E-state index in [0.717, 1.165) is 10.1 Å². The lowest BCUT2D eigenvalue weighted by Gasteiger charge is -2.10. The molecule has 2 aromatic carbocycles. The van der Waals surface area contributed by atoms with E-state index in [2.05, 4.69) is 9.98 Å². The first-order chi connectivity index (χ1) is 13.5. The number of halogens is 1. The molecule has 1 aliphatic heterocycles. The molecule has 0 atom stereocenters. The second kappa shape index (κ2) is 7.11. The molecule has 3 aromatic rings. The molecule has 7 heteroatoms. The number of aromatic nitrogens is 2. The van der Waals surface area contributed by atoms with Crippen molar-refractivity contribution in [3.8, 4) is 5.88 Å². The first kappa shape index (κ1) is 17.7. The van der Waals surface area contributed by atoms with E-state index in [0.29, 0.717) is 23.2 Å². The average Bonchev–Trinajstić information content (AvgIpc) is 3.07. The summed E-state index contributed by atoms with van der Waals surface area (Å²) in [5.41, 5.74) is 1.20. The van der Waals surface area contributed by atoms with Crippen LogP contribution in [0.3, 0.4) is 0 Å². The van der Waals surface area contributed by atoms with E-state index in [4.69, 9.17) is 0 Å². The number of nitrogens with one attached hydrogen (secondary N) is 1.